The smallest absolute Gasteiger partial charge is 0.305 e. The first-order valence-corrected chi connectivity index (χ1v) is 13.3. The Balaban J connectivity index is 1.44. The van der Waals surface area contributed by atoms with Crippen molar-refractivity contribution in [1.29, 1.82) is 5.26 Å². The summed E-state index contributed by atoms with van der Waals surface area (Å²) in [5, 5.41) is 24.9. The number of nitrogens with one attached hydrogen (secondary N) is 2. The van der Waals surface area contributed by atoms with E-state index < -0.39 is 17.9 Å². The van der Waals surface area contributed by atoms with Gasteiger partial charge in [-0.05, 0) is 73.9 Å². The third-order valence-corrected chi connectivity index (χ3v) is 6.97. The lowest BCUT2D eigenvalue weighted by Crippen LogP contribution is -2.38. The normalized spacial score (nSPS) is 12.3. The minimum atomic E-state index is -1.03. The Hall–Kier alpha value is -4.38. The Labute approximate surface area is 238 Å². The molecule has 0 saturated heterocycles. The number of carboxylic acid groups (broad SMARTS) is 1. The van der Waals surface area contributed by atoms with Gasteiger partial charge in [-0.1, -0.05) is 53.6 Å². The Kier molecular flexibility index (Phi) is 9.39. The highest BCUT2D eigenvalue weighted by molar-refractivity contribution is 6.34. The zero-order chi connectivity index (χ0) is 28.6. The fourth-order valence-corrected chi connectivity index (χ4v) is 4.56. The number of nitrogens with zero attached hydrogens (tertiary/aromatic N) is 1. The zero-order valence-electron chi connectivity index (χ0n) is 22.3. The summed E-state index contributed by atoms with van der Waals surface area (Å²) in [6.45, 7) is 4.68. The number of hydrogen-bond acceptors (Lipinski definition) is 5. The first-order valence-electron chi connectivity index (χ1n) is 12.9. The average molecular weight is 556 g/mol. The summed E-state index contributed by atoms with van der Waals surface area (Å²) in [6, 6.07) is 25.5. The van der Waals surface area contributed by atoms with Crippen LogP contribution in [-0.4, -0.2) is 23.0 Å². The molecule has 0 aliphatic heterocycles. The fourth-order valence-electron chi connectivity index (χ4n) is 4.36. The van der Waals surface area contributed by atoms with Crippen LogP contribution in [0.25, 0.3) is 11.3 Å². The molecule has 40 heavy (non-hydrogen) atoms. The summed E-state index contributed by atoms with van der Waals surface area (Å²) in [7, 11) is 0. The number of aliphatic carboxylic acids is 1. The van der Waals surface area contributed by atoms with Crippen molar-refractivity contribution in [3.63, 3.8) is 0 Å². The molecule has 0 unspecified atom stereocenters. The molecule has 0 radical (unpaired) electrons. The van der Waals surface area contributed by atoms with E-state index in [9.17, 15) is 14.7 Å². The van der Waals surface area contributed by atoms with Crippen LogP contribution in [0.5, 0.6) is 0 Å². The highest BCUT2D eigenvalue weighted by Crippen LogP contribution is 2.27. The van der Waals surface area contributed by atoms with Gasteiger partial charge in [-0.2, -0.15) is 5.26 Å². The summed E-state index contributed by atoms with van der Waals surface area (Å²) in [6.07, 6.45) is 0.0230. The number of carboxylic acids is 1. The van der Waals surface area contributed by atoms with Crippen LogP contribution >= 0.6 is 11.6 Å². The predicted molar refractivity (Wildman–Crippen MR) is 154 cm³/mol. The molecule has 0 fully saturated rings. The van der Waals surface area contributed by atoms with Gasteiger partial charge < -0.3 is 20.2 Å². The SMILES string of the molecule is Cc1ccc([C@@H](C)NCc2ccc(-c3ccc(Cl)c(C(=O)N[C@@H](CC(=O)O)Cc4ccc(C#N)cc4)c3)o2)cc1. The first-order chi connectivity index (χ1) is 19.2. The highest BCUT2D eigenvalue weighted by atomic mass is 35.5. The van der Waals surface area contributed by atoms with Gasteiger partial charge in [0.1, 0.15) is 11.5 Å². The molecule has 2 atom stereocenters. The van der Waals surface area contributed by atoms with E-state index in [0.29, 0.717) is 23.4 Å². The van der Waals surface area contributed by atoms with Crippen molar-refractivity contribution in [2.24, 2.45) is 0 Å². The van der Waals surface area contributed by atoms with Gasteiger partial charge in [-0.25, -0.2) is 0 Å². The van der Waals surface area contributed by atoms with Crippen molar-refractivity contribution < 1.29 is 19.1 Å². The van der Waals surface area contributed by atoms with Gasteiger partial charge in [-0.15, -0.1) is 0 Å². The van der Waals surface area contributed by atoms with Crippen molar-refractivity contribution in [3.8, 4) is 17.4 Å². The summed E-state index contributed by atoms with van der Waals surface area (Å²) >= 11 is 6.37. The molecular formula is C32H30ClN3O4. The number of furan rings is 1. The maximum atomic E-state index is 13.2. The van der Waals surface area contributed by atoms with Gasteiger partial charge in [0, 0.05) is 17.6 Å². The lowest BCUT2D eigenvalue weighted by atomic mass is 10.0. The lowest BCUT2D eigenvalue weighted by molar-refractivity contribution is -0.137. The van der Waals surface area contributed by atoms with Crippen LogP contribution in [0.15, 0.2) is 83.3 Å². The molecule has 1 aromatic heterocycles. The first kappa shape index (κ1) is 28.6. The van der Waals surface area contributed by atoms with Crippen LogP contribution in [0.4, 0.5) is 0 Å². The molecule has 204 valence electrons. The quantitative estimate of drug-likeness (QED) is 0.196. The Morgan fingerprint density at radius 3 is 2.42 bits per heavy atom. The van der Waals surface area contributed by atoms with E-state index >= 15 is 0 Å². The monoisotopic (exact) mass is 555 g/mol. The minimum absolute atomic E-state index is 0.142. The zero-order valence-corrected chi connectivity index (χ0v) is 23.0. The Morgan fingerprint density at radius 1 is 1.02 bits per heavy atom. The Morgan fingerprint density at radius 2 is 1.75 bits per heavy atom. The molecule has 3 N–H and O–H groups in total. The van der Waals surface area contributed by atoms with Crippen LogP contribution in [0.2, 0.25) is 5.02 Å². The molecular weight excluding hydrogens is 526 g/mol. The second kappa shape index (κ2) is 13.1. The van der Waals surface area contributed by atoms with Crippen molar-refractivity contribution in [3.05, 3.63) is 117 Å². The topological polar surface area (TPSA) is 115 Å². The summed E-state index contributed by atoms with van der Waals surface area (Å²) in [5.74, 6) is -0.177. The molecule has 3 aromatic carbocycles. The number of nitriles is 1. The number of rotatable bonds is 11. The molecule has 4 rings (SSSR count). The van der Waals surface area contributed by atoms with Crippen LogP contribution < -0.4 is 10.6 Å². The standard InChI is InChI=1S/C32H30ClN3O4/c1-20-3-9-24(10-4-20)21(2)35-19-27-12-14-30(40-27)25-11-13-29(33)28(16-25)32(39)36-26(17-31(37)38)15-22-5-7-23(18-34)8-6-22/h3-14,16,21,26,35H,15,17,19H2,1-2H3,(H,36,39)(H,37,38)/t21-,26-/m1/s1. The van der Waals surface area contributed by atoms with Crippen molar-refractivity contribution in [1.82, 2.24) is 10.6 Å². The highest BCUT2D eigenvalue weighted by Gasteiger charge is 2.20. The van der Waals surface area contributed by atoms with E-state index in [-0.39, 0.29) is 29.5 Å². The van der Waals surface area contributed by atoms with Crippen molar-refractivity contribution in [2.45, 2.75) is 45.3 Å². The van der Waals surface area contributed by atoms with Gasteiger partial charge in [-0.3, -0.25) is 9.59 Å². The maximum Gasteiger partial charge on any atom is 0.305 e. The van der Waals surface area contributed by atoms with Gasteiger partial charge in [0.25, 0.3) is 5.91 Å². The number of aryl methyl sites for hydroxylation is 1. The number of benzene rings is 3. The summed E-state index contributed by atoms with van der Waals surface area (Å²) in [4.78, 5) is 24.7. The van der Waals surface area contributed by atoms with E-state index in [4.69, 9.17) is 21.3 Å². The second-order valence-corrected chi connectivity index (χ2v) is 10.2. The fraction of sp³-hybridized carbons (Fsp3) is 0.219. The summed E-state index contributed by atoms with van der Waals surface area (Å²) < 4.78 is 6.04. The van der Waals surface area contributed by atoms with E-state index in [1.807, 2.05) is 12.1 Å². The number of hydrogen-bond donors (Lipinski definition) is 3. The van der Waals surface area contributed by atoms with E-state index in [1.54, 1.807) is 42.5 Å². The van der Waals surface area contributed by atoms with E-state index in [1.165, 1.54) is 11.1 Å². The number of carbonyl (C=O) groups is 2. The predicted octanol–water partition coefficient (Wildman–Crippen LogP) is 6.45. The average Bonchev–Trinajstić information content (AvgIpc) is 3.41. The van der Waals surface area contributed by atoms with Crippen molar-refractivity contribution >= 4 is 23.5 Å². The van der Waals surface area contributed by atoms with Crippen LogP contribution in [0.1, 0.15) is 57.8 Å². The lowest BCUT2D eigenvalue weighted by Gasteiger charge is -2.18. The molecule has 8 heteroatoms. The molecule has 0 bridgehead atoms. The number of amides is 1. The van der Waals surface area contributed by atoms with Gasteiger partial charge >= 0.3 is 5.97 Å². The second-order valence-electron chi connectivity index (χ2n) is 9.75. The third kappa shape index (κ3) is 7.60. The maximum absolute atomic E-state index is 13.2. The molecule has 0 aliphatic rings. The molecule has 1 amide bonds. The molecule has 4 aromatic rings. The number of halogens is 1. The molecule has 7 nitrogen and oxygen atoms in total. The largest absolute Gasteiger partial charge is 0.481 e. The third-order valence-electron chi connectivity index (χ3n) is 6.64. The van der Waals surface area contributed by atoms with E-state index in [0.717, 1.165) is 11.3 Å². The van der Waals surface area contributed by atoms with Crippen molar-refractivity contribution in [2.75, 3.05) is 0 Å². The molecule has 0 spiro atoms. The van der Waals surface area contributed by atoms with Gasteiger partial charge in [0.15, 0.2) is 0 Å². The Bertz CT molecular complexity index is 1520. The van der Waals surface area contributed by atoms with Crippen LogP contribution in [0, 0.1) is 18.3 Å². The minimum Gasteiger partial charge on any atom is -0.481 e. The van der Waals surface area contributed by atoms with E-state index in [2.05, 4.69) is 54.8 Å². The van der Waals surface area contributed by atoms with Gasteiger partial charge in [0.05, 0.1) is 35.2 Å². The summed E-state index contributed by atoms with van der Waals surface area (Å²) in [5.41, 5.74) is 4.60. The molecule has 0 saturated carbocycles. The van der Waals surface area contributed by atoms with Crippen LogP contribution in [-0.2, 0) is 17.8 Å². The number of carbonyl (C=O) groups excluding carboxylic acids is 1. The molecule has 0 aliphatic carbocycles. The van der Waals surface area contributed by atoms with Gasteiger partial charge in [0.2, 0.25) is 0 Å². The van der Waals surface area contributed by atoms with Crippen LogP contribution in [0.3, 0.4) is 0 Å². The molecule has 1 heterocycles.